The molecule has 0 saturated heterocycles. The Hall–Kier alpha value is -3.98. The van der Waals surface area contributed by atoms with Crippen LogP contribution in [0.15, 0.2) is 63.9 Å². The second kappa shape index (κ2) is 8.64. The average molecular weight is 454 g/mol. The number of halogens is 2. The molecule has 0 spiro atoms. The van der Waals surface area contributed by atoms with E-state index in [0.29, 0.717) is 17.1 Å². The van der Waals surface area contributed by atoms with E-state index in [9.17, 15) is 14.0 Å². The highest BCUT2D eigenvalue weighted by atomic mass is 35.5. The summed E-state index contributed by atoms with van der Waals surface area (Å²) < 4.78 is 20.2. The lowest BCUT2D eigenvalue weighted by Crippen LogP contribution is -2.14. The van der Waals surface area contributed by atoms with Gasteiger partial charge in [0.05, 0.1) is 16.1 Å². The van der Waals surface area contributed by atoms with Crippen molar-refractivity contribution in [1.82, 2.24) is 14.8 Å². The number of benzene rings is 2. The highest BCUT2D eigenvalue weighted by Gasteiger charge is 2.17. The van der Waals surface area contributed by atoms with Crippen LogP contribution in [-0.2, 0) is 7.05 Å². The Morgan fingerprint density at radius 1 is 1.16 bits per heavy atom. The van der Waals surface area contributed by atoms with Crippen molar-refractivity contribution >= 4 is 29.0 Å². The molecule has 0 unspecified atom stereocenters. The van der Waals surface area contributed by atoms with E-state index < -0.39 is 17.5 Å². The van der Waals surface area contributed by atoms with E-state index in [1.165, 1.54) is 25.2 Å². The molecule has 2 N–H and O–H groups in total. The smallest absolute Gasteiger partial charge is 0.388 e. The number of pyridine rings is 1. The molecule has 0 radical (unpaired) electrons. The summed E-state index contributed by atoms with van der Waals surface area (Å²) in [5.74, 6) is -1.17. The molecular weight excluding hydrogens is 437 g/mol. The fraction of sp³-hybridized carbons (Fsp3) is 0.0909. The van der Waals surface area contributed by atoms with Crippen molar-refractivity contribution in [2.75, 3.05) is 17.7 Å². The maximum absolute atomic E-state index is 14.0. The van der Waals surface area contributed by atoms with Gasteiger partial charge in [-0.15, -0.1) is 5.10 Å². The molecule has 2 aromatic carbocycles. The lowest BCUT2D eigenvalue weighted by Gasteiger charge is -2.11. The summed E-state index contributed by atoms with van der Waals surface area (Å²) in [6.07, 6.45) is 1.55. The number of hydrogen-bond donors (Lipinski definition) is 2. The van der Waals surface area contributed by atoms with Crippen molar-refractivity contribution < 1.29 is 13.6 Å². The van der Waals surface area contributed by atoms with Crippen molar-refractivity contribution in [1.29, 1.82) is 0 Å². The van der Waals surface area contributed by atoms with Gasteiger partial charge in [0.25, 0.3) is 11.8 Å². The van der Waals surface area contributed by atoms with Crippen LogP contribution in [0.2, 0.25) is 5.02 Å². The molecule has 0 aliphatic rings. The standard InChI is InChI=1S/C22H17ClFN5O3/c1-25-19-15(10-13(11-26-19)21-28-29(2)22(31)32-21)12-6-8-14(9-7-12)27-20(30)18-16(23)4-3-5-17(18)24/h3-11H,1-2H3,(H,25,26)(H,27,30). The molecule has 0 atom stereocenters. The summed E-state index contributed by atoms with van der Waals surface area (Å²) in [5, 5.41) is 9.73. The molecule has 1 amide bonds. The van der Waals surface area contributed by atoms with Crippen LogP contribution in [-0.4, -0.2) is 27.7 Å². The second-order valence-electron chi connectivity index (χ2n) is 6.80. The molecule has 4 rings (SSSR count). The van der Waals surface area contributed by atoms with Crippen LogP contribution in [0.5, 0.6) is 0 Å². The summed E-state index contributed by atoms with van der Waals surface area (Å²) in [6, 6.07) is 12.7. The first-order chi connectivity index (χ1) is 15.4. The van der Waals surface area contributed by atoms with E-state index in [1.54, 1.807) is 43.6 Å². The van der Waals surface area contributed by atoms with Crippen molar-refractivity contribution in [3.63, 3.8) is 0 Å². The Labute approximate surface area is 186 Å². The van der Waals surface area contributed by atoms with Gasteiger partial charge in [0.15, 0.2) is 0 Å². The van der Waals surface area contributed by atoms with Crippen LogP contribution < -0.4 is 16.4 Å². The van der Waals surface area contributed by atoms with Gasteiger partial charge in [-0.1, -0.05) is 29.8 Å². The Balaban J connectivity index is 1.63. The number of nitrogens with one attached hydrogen (secondary N) is 2. The molecule has 4 aromatic rings. The monoisotopic (exact) mass is 453 g/mol. The first kappa shape index (κ1) is 21.3. The van der Waals surface area contributed by atoms with Crippen molar-refractivity contribution in [3.05, 3.63) is 81.7 Å². The van der Waals surface area contributed by atoms with Crippen LogP contribution in [0.1, 0.15) is 10.4 Å². The molecule has 8 nitrogen and oxygen atoms in total. The zero-order valence-corrected chi connectivity index (χ0v) is 17.8. The average Bonchev–Trinajstić information content (AvgIpc) is 3.12. The van der Waals surface area contributed by atoms with Gasteiger partial charge in [0.1, 0.15) is 11.6 Å². The summed E-state index contributed by atoms with van der Waals surface area (Å²) in [7, 11) is 3.23. The SMILES string of the molecule is CNc1ncc(-c2nn(C)c(=O)o2)cc1-c1ccc(NC(=O)c2c(F)cccc2Cl)cc1. The third kappa shape index (κ3) is 4.10. The van der Waals surface area contributed by atoms with Gasteiger partial charge in [0.2, 0.25) is 0 Å². The van der Waals surface area contributed by atoms with Gasteiger partial charge in [-0.05, 0) is 35.9 Å². The number of anilines is 2. The van der Waals surface area contributed by atoms with Gasteiger partial charge in [-0.25, -0.2) is 14.2 Å². The van der Waals surface area contributed by atoms with Crippen molar-refractivity contribution in [3.8, 4) is 22.6 Å². The summed E-state index contributed by atoms with van der Waals surface area (Å²) >= 11 is 5.96. The molecule has 0 bridgehead atoms. The molecule has 2 aromatic heterocycles. The molecule has 0 fully saturated rings. The highest BCUT2D eigenvalue weighted by molar-refractivity contribution is 6.34. The number of aryl methyl sites for hydroxylation is 1. The van der Waals surface area contributed by atoms with Crippen LogP contribution in [0.25, 0.3) is 22.6 Å². The quantitative estimate of drug-likeness (QED) is 0.470. The first-order valence-corrected chi connectivity index (χ1v) is 9.83. The molecule has 10 heteroatoms. The topological polar surface area (TPSA) is 102 Å². The van der Waals surface area contributed by atoms with E-state index >= 15 is 0 Å². The fourth-order valence-electron chi connectivity index (χ4n) is 3.11. The lowest BCUT2D eigenvalue weighted by atomic mass is 10.0. The Kier molecular flexibility index (Phi) is 5.74. The normalized spacial score (nSPS) is 10.8. The Morgan fingerprint density at radius 3 is 2.53 bits per heavy atom. The number of rotatable bonds is 5. The number of amides is 1. The third-order valence-electron chi connectivity index (χ3n) is 4.70. The molecule has 162 valence electrons. The van der Waals surface area contributed by atoms with Crippen molar-refractivity contribution in [2.24, 2.45) is 7.05 Å². The van der Waals surface area contributed by atoms with E-state index in [-0.39, 0.29) is 16.5 Å². The van der Waals surface area contributed by atoms with Crippen molar-refractivity contribution in [2.45, 2.75) is 0 Å². The number of aromatic nitrogens is 3. The van der Waals surface area contributed by atoms with Crippen LogP contribution in [0.3, 0.4) is 0 Å². The minimum atomic E-state index is -0.700. The molecule has 0 aliphatic carbocycles. The second-order valence-corrected chi connectivity index (χ2v) is 7.20. The number of carbonyl (C=O) groups excluding carboxylic acids is 1. The van der Waals surface area contributed by atoms with Gasteiger partial charge in [-0.2, -0.15) is 4.68 Å². The van der Waals surface area contributed by atoms with E-state index in [2.05, 4.69) is 20.7 Å². The maximum atomic E-state index is 14.0. The van der Waals surface area contributed by atoms with Crippen LogP contribution >= 0.6 is 11.6 Å². The predicted molar refractivity (Wildman–Crippen MR) is 119 cm³/mol. The molecular formula is C22H17ClFN5O3. The molecule has 32 heavy (non-hydrogen) atoms. The van der Waals surface area contributed by atoms with Crippen LogP contribution in [0, 0.1) is 5.82 Å². The molecule has 2 heterocycles. The fourth-order valence-corrected chi connectivity index (χ4v) is 3.35. The van der Waals surface area contributed by atoms with Gasteiger partial charge in [0, 0.05) is 31.5 Å². The summed E-state index contributed by atoms with van der Waals surface area (Å²) in [4.78, 5) is 28.4. The van der Waals surface area contributed by atoms with Gasteiger partial charge in [-0.3, -0.25) is 4.79 Å². The number of hydrogen-bond acceptors (Lipinski definition) is 6. The number of carbonyl (C=O) groups is 1. The zero-order valence-electron chi connectivity index (χ0n) is 17.0. The Bertz CT molecular complexity index is 1340. The highest BCUT2D eigenvalue weighted by Crippen LogP contribution is 2.31. The zero-order chi connectivity index (χ0) is 22.8. The van der Waals surface area contributed by atoms with Gasteiger partial charge < -0.3 is 15.1 Å². The number of nitrogens with zero attached hydrogens (tertiary/aromatic N) is 3. The maximum Gasteiger partial charge on any atom is 0.437 e. The van der Waals surface area contributed by atoms with E-state index in [4.69, 9.17) is 16.0 Å². The molecule has 0 aliphatic heterocycles. The van der Waals surface area contributed by atoms with E-state index in [1.807, 2.05) is 0 Å². The summed E-state index contributed by atoms with van der Waals surface area (Å²) in [6.45, 7) is 0. The molecule has 0 saturated carbocycles. The largest absolute Gasteiger partial charge is 0.437 e. The lowest BCUT2D eigenvalue weighted by molar-refractivity contribution is 0.102. The van der Waals surface area contributed by atoms with Crippen LogP contribution in [0.4, 0.5) is 15.9 Å². The minimum Gasteiger partial charge on any atom is -0.388 e. The summed E-state index contributed by atoms with van der Waals surface area (Å²) in [5.41, 5.74) is 2.29. The van der Waals surface area contributed by atoms with E-state index in [0.717, 1.165) is 15.8 Å². The third-order valence-corrected chi connectivity index (χ3v) is 5.02. The first-order valence-electron chi connectivity index (χ1n) is 9.45. The Morgan fingerprint density at radius 2 is 1.91 bits per heavy atom. The minimum absolute atomic E-state index is 0.0295. The predicted octanol–water partition coefficient (Wildman–Crippen LogP) is 4.19. The van der Waals surface area contributed by atoms with Gasteiger partial charge >= 0.3 is 5.76 Å².